The molecule has 71 valence electrons. The normalized spacial score (nSPS) is 11.7. The average molecular weight is 205 g/mol. The van der Waals surface area contributed by atoms with Crippen LogP contribution in [0.1, 0.15) is 12.5 Å². The molecule has 0 heterocycles. The van der Waals surface area contributed by atoms with E-state index in [1.54, 1.807) is 6.07 Å². The zero-order valence-corrected chi connectivity index (χ0v) is 7.80. The van der Waals surface area contributed by atoms with Crippen molar-refractivity contribution >= 4 is 11.8 Å². The second-order valence-electron chi connectivity index (χ2n) is 2.36. The van der Waals surface area contributed by atoms with Gasteiger partial charge in [0.1, 0.15) is 0 Å². The van der Waals surface area contributed by atoms with Gasteiger partial charge in [-0.05, 0) is 17.9 Å². The predicted molar refractivity (Wildman–Crippen MR) is 46.7 cm³/mol. The van der Waals surface area contributed by atoms with Gasteiger partial charge in [0.05, 0.1) is 5.56 Å². The Kier molecular flexibility index (Phi) is 3.25. The fourth-order valence-electron chi connectivity index (χ4n) is 0.853. The highest BCUT2D eigenvalue weighted by atomic mass is 32.2. The molecule has 1 aromatic rings. The molecule has 0 amide bonds. The maximum atomic E-state index is 12.2. The molecule has 0 aromatic heterocycles. The van der Waals surface area contributed by atoms with Crippen LogP contribution in [0.15, 0.2) is 23.1 Å². The van der Waals surface area contributed by atoms with Crippen LogP contribution >= 0.6 is 11.8 Å². The molecule has 1 rings (SSSR count). The maximum absolute atomic E-state index is 12.2. The summed E-state index contributed by atoms with van der Waals surface area (Å²) in [7, 11) is 0. The van der Waals surface area contributed by atoms with E-state index in [-0.39, 0.29) is 0 Å². The lowest BCUT2D eigenvalue weighted by Gasteiger charge is -2.06. The first-order valence-corrected chi connectivity index (χ1v) is 4.75. The molecule has 4 heteroatoms. The molecule has 0 saturated carbocycles. The Hall–Kier alpha value is -0.640. The summed E-state index contributed by atoms with van der Waals surface area (Å²) in [4.78, 5) is 0.539. The molecule has 0 bridgehead atoms. The van der Waals surface area contributed by atoms with Crippen molar-refractivity contribution in [2.24, 2.45) is 0 Å². The quantitative estimate of drug-likeness (QED) is 0.664. The van der Waals surface area contributed by atoms with Gasteiger partial charge in [0.2, 0.25) is 0 Å². The van der Waals surface area contributed by atoms with Gasteiger partial charge in [-0.3, -0.25) is 0 Å². The molecule has 13 heavy (non-hydrogen) atoms. The summed E-state index contributed by atoms with van der Waals surface area (Å²) in [6.45, 7) is 1.89. The highest BCUT2D eigenvalue weighted by Crippen LogP contribution is 2.31. The molecular weight excluding hydrogens is 197 g/mol. The molecule has 0 aliphatic heterocycles. The van der Waals surface area contributed by atoms with Gasteiger partial charge in [0, 0.05) is 11.0 Å². The van der Waals surface area contributed by atoms with E-state index in [9.17, 15) is 13.2 Å². The first-order chi connectivity index (χ1) is 6.04. The van der Waals surface area contributed by atoms with E-state index < -0.39 is 11.7 Å². The summed E-state index contributed by atoms with van der Waals surface area (Å²) in [5.41, 5.74) is -0.703. The van der Waals surface area contributed by atoms with Crippen LogP contribution in [-0.2, 0) is 6.18 Å². The minimum absolute atomic E-state index is 0.539. The number of halogens is 3. The van der Waals surface area contributed by atoms with Crippen LogP contribution in [0.3, 0.4) is 0 Å². The monoisotopic (exact) mass is 205 g/mol. The minimum Gasteiger partial charge on any atom is -0.166 e. The summed E-state index contributed by atoms with van der Waals surface area (Å²) >= 11 is 1.35. The van der Waals surface area contributed by atoms with Crippen LogP contribution in [0.5, 0.6) is 0 Å². The molecule has 0 fully saturated rings. The number of rotatable bonds is 2. The van der Waals surface area contributed by atoms with Gasteiger partial charge in [-0.15, -0.1) is 11.8 Å². The fourth-order valence-corrected chi connectivity index (χ4v) is 1.52. The van der Waals surface area contributed by atoms with Gasteiger partial charge in [0.25, 0.3) is 0 Å². The maximum Gasteiger partial charge on any atom is 0.417 e. The highest BCUT2D eigenvalue weighted by Gasteiger charge is 2.30. The summed E-state index contributed by atoms with van der Waals surface area (Å²) in [5, 5.41) is 0. The van der Waals surface area contributed by atoms with Crippen molar-refractivity contribution in [1.82, 2.24) is 0 Å². The second kappa shape index (κ2) is 4.05. The van der Waals surface area contributed by atoms with Gasteiger partial charge in [0.15, 0.2) is 0 Å². The van der Waals surface area contributed by atoms with E-state index in [2.05, 4.69) is 6.07 Å². The number of thioether (sulfide) groups is 1. The Morgan fingerprint density at radius 2 is 2.08 bits per heavy atom. The van der Waals surface area contributed by atoms with E-state index >= 15 is 0 Å². The zero-order chi connectivity index (χ0) is 9.90. The molecule has 1 aromatic carbocycles. The predicted octanol–water partition coefficient (Wildman–Crippen LogP) is 3.62. The molecule has 0 nitrogen and oxygen atoms in total. The summed E-state index contributed by atoms with van der Waals surface area (Å²) < 4.78 is 36.5. The molecule has 0 aliphatic rings. The SMILES string of the molecule is CCSc1[c]c(C(F)(F)F)ccc1. The van der Waals surface area contributed by atoms with Crippen molar-refractivity contribution < 1.29 is 13.2 Å². The molecule has 0 aliphatic carbocycles. The third-order valence-electron chi connectivity index (χ3n) is 1.37. The Labute approximate surface area is 79.1 Å². The van der Waals surface area contributed by atoms with Crippen LogP contribution in [0.25, 0.3) is 0 Å². The largest absolute Gasteiger partial charge is 0.417 e. The van der Waals surface area contributed by atoms with Crippen molar-refractivity contribution in [2.75, 3.05) is 5.75 Å². The van der Waals surface area contributed by atoms with E-state index in [0.29, 0.717) is 4.90 Å². The third kappa shape index (κ3) is 2.95. The van der Waals surface area contributed by atoms with Gasteiger partial charge < -0.3 is 0 Å². The summed E-state index contributed by atoms with van der Waals surface area (Å²) in [6, 6.07) is 6.38. The third-order valence-corrected chi connectivity index (χ3v) is 2.21. The first kappa shape index (κ1) is 10.4. The Balaban J connectivity index is 2.92. The van der Waals surface area contributed by atoms with Gasteiger partial charge in [-0.1, -0.05) is 13.0 Å². The van der Waals surface area contributed by atoms with Crippen LogP contribution in [0.2, 0.25) is 0 Å². The van der Waals surface area contributed by atoms with Gasteiger partial charge in [-0.2, -0.15) is 13.2 Å². The standard InChI is InChI=1S/C9H8F3S/c1-2-13-8-5-3-4-7(6-8)9(10,11)12/h3-5H,2H2,1H3. The second-order valence-corrected chi connectivity index (χ2v) is 3.67. The van der Waals surface area contributed by atoms with Crippen LogP contribution in [-0.4, -0.2) is 5.75 Å². The number of hydrogen-bond acceptors (Lipinski definition) is 1. The molecule has 0 unspecified atom stereocenters. The number of benzene rings is 1. The Bertz CT molecular complexity index is 280. The van der Waals surface area contributed by atoms with Crippen LogP contribution in [0.4, 0.5) is 13.2 Å². The van der Waals surface area contributed by atoms with Gasteiger partial charge in [-0.25, -0.2) is 0 Å². The Morgan fingerprint density at radius 1 is 1.38 bits per heavy atom. The van der Waals surface area contributed by atoms with Gasteiger partial charge >= 0.3 is 6.18 Å². The first-order valence-electron chi connectivity index (χ1n) is 3.76. The van der Waals surface area contributed by atoms with E-state index in [1.165, 1.54) is 17.8 Å². The molecule has 0 N–H and O–H groups in total. The van der Waals surface area contributed by atoms with E-state index in [4.69, 9.17) is 0 Å². The summed E-state index contributed by atoms with van der Waals surface area (Å²) in [6.07, 6.45) is -4.29. The summed E-state index contributed by atoms with van der Waals surface area (Å²) in [5.74, 6) is 0.748. The minimum atomic E-state index is -4.29. The van der Waals surface area contributed by atoms with Crippen molar-refractivity contribution in [3.8, 4) is 0 Å². The van der Waals surface area contributed by atoms with Crippen LogP contribution in [0, 0.1) is 6.07 Å². The van der Waals surface area contributed by atoms with E-state index in [0.717, 1.165) is 11.8 Å². The fraction of sp³-hybridized carbons (Fsp3) is 0.333. The highest BCUT2D eigenvalue weighted by molar-refractivity contribution is 7.99. The van der Waals surface area contributed by atoms with Crippen molar-refractivity contribution in [3.63, 3.8) is 0 Å². The lowest BCUT2D eigenvalue weighted by Crippen LogP contribution is -2.04. The van der Waals surface area contributed by atoms with E-state index in [1.807, 2.05) is 6.92 Å². The average Bonchev–Trinajstić information content (AvgIpc) is 2.04. The van der Waals surface area contributed by atoms with Crippen LogP contribution < -0.4 is 0 Å². The van der Waals surface area contributed by atoms with Crippen molar-refractivity contribution in [2.45, 2.75) is 18.0 Å². The zero-order valence-electron chi connectivity index (χ0n) is 6.98. The molecule has 0 spiro atoms. The number of hydrogen-bond donors (Lipinski definition) is 0. The Morgan fingerprint density at radius 3 is 2.62 bits per heavy atom. The number of alkyl halides is 3. The lowest BCUT2D eigenvalue weighted by atomic mass is 10.2. The topological polar surface area (TPSA) is 0 Å². The molecule has 0 atom stereocenters. The molecule has 1 radical (unpaired) electrons. The molecular formula is C9H8F3S. The van der Waals surface area contributed by atoms with Crippen molar-refractivity contribution in [1.29, 1.82) is 0 Å². The lowest BCUT2D eigenvalue weighted by molar-refractivity contribution is -0.138. The molecule has 0 saturated heterocycles. The smallest absolute Gasteiger partial charge is 0.166 e. The van der Waals surface area contributed by atoms with Crippen molar-refractivity contribution in [3.05, 3.63) is 29.8 Å².